The highest BCUT2D eigenvalue weighted by Crippen LogP contribution is 2.29. The van der Waals surface area contributed by atoms with E-state index in [4.69, 9.17) is 4.74 Å². The average molecular weight is 335 g/mol. The minimum absolute atomic E-state index is 0.0560. The predicted molar refractivity (Wildman–Crippen MR) is 63.5 cm³/mol. The number of ether oxygens (including phenoxy) is 1. The standard InChI is InChI=1S/C10H9Br2NO2/c11-6-1-2-7(8(12)3-6)9-4-13-10(14)5-15-9/h1-3,9H,4-5H2,(H,13,14). The zero-order valence-corrected chi connectivity index (χ0v) is 11.0. The normalized spacial score (nSPS) is 21.2. The summed E-state index contributed by atoms with van der Waals surface area (Å²) in [6.45, 7) is 0.659. The fourth-order valence-electron chi connectivity index (χ4n) is 1.46. The van der Waals surface area contributed by atoms with Crippen LogP contribution in [0.15, 0.2) is 27.1 Å². The lowest BCUT2D eigenvalue weighted by Gasteiger charge is -2.24. The smallest absolute Gasteiger partial charge is 0.246 e. The van der Waals surface area contributed by atoms with E-state index in [2.05, 4.69) is 37.2 Å². The summed E-state index contributed by atoms with van der Waals surface area (Å²) < 4.78 is 7.44. The molecule has 5 heteroatoms. The van der Waals surface area contributed by atoms with Crippen LogP contribution in [0.25, 0.3) is 0 Å². The Morgan fingerprint density at radius 2 is 2.20 bits per heavy atom. The van der Waals surface area contributed by atoms with Crippen LogP contribution in [-0.2, 0) is 9.53 Å². The summed E-state index contributed by atoms with van der Waals surface area (Å²) >= 11 is 6.86. The van der Waals surface area contributed by atoms with Gasteiger partial charge in [0.2, 0.25) is 5.91 Å². The highest BCUT2D eigenvalue weighted by Gasteiger charge is 2.21. The molecule has 0 aliphatic carbocycles. The summed E-state index contributed by atoms with van der Waals surface area (Å²) in [5.74, 6) is -0.0560. The van der Waals surface area contributed by atoms with Crippen LogP contribution in [0.5, 0.6) is 0 Å². The minimum atomic E-state index is -0.0647. The predicted octanol–water partition coefficient (Wildman–Crippen LogP) is 2.40. The van der Waals surface area contributed by atoms with Crippen molar-refractivity contribution in [3.05, 3.63) is 32.7 Å². The summed E-state index contributed by atoms with van der Waals surface area (Å²) in [5, 5.41) is 2.78. The third-order valence-corrected chi connectivity index (χ3v) is 3.39. The first-order valence-electron chi connectivity index (χ1n) is 4.50. The molecule has 2 rings (SSSR count). The lowest BCUT2D eigenvalue weighted by Crippen LogP contribution is -2.38. The van der Waals surface area contributed by atoms with Crippen molar-refractivity contribution >= 4 is 37.8 Å². The molecule has 15 heavy (non-hydrogen) atoms. The Kier molecular flexibility index (Phi) is 3.43. The van der Waals surface area contributed by atoms with Crippen LogP contribution < -0.4 is 5.32 Å². The van der Waals surface area contributed by atoms with E-state index >= 15 is 0 Å². The molecule has 0 spiro atoms. The Morgan fingerprint density at radius 1 is 1.40 bits per heavy atom. The van der Waals surface area contributed by atoms with Crippen LogP contribution in [-0.4, -0.2) is 19.1 Å². The van der Waals surface area contributed by atoms with Gasteiger partial charge in [0.25, 0.3) is 0 Å². The van der Waals surface area contributed by atoms with Crippen LogP contribution in [0.4, 0.5) is 0 Å². The number of halogens is 2. The third kappa shape index (κ3) is 2.59. The molecule has 1 aliphatic heterocycles. The SMILES string of the molecule is O=C1COC(c2ccc(Br)cc2Br)CN1. The molecule has 1 saturated heterocycles. The van der Waals surface area contributed by atoms with E-state index in [-0.39, 0.29) is 18.6 Å². The van der Waals surface area contributed by atoms with Gasteiger partial charge in [0.05, 0.1) is 0 Å². The summed E-state index contributed by atoms with van der Waals surface area (Å²) in [5.41, 5.74) is 1.05. The maximum Gasteiger partial charge on any atom is 0.246 e. The zero-order valence-electron chi connectivity index (χ0n) is 7.80. The van der Waals surface area contributed by atoms with Crippen molar-refractivity contribution in [2.24, 2.45) is 0 Å². The first-order valence-corrected chi connectivity index (χ1v) is 6.08. The molecule has 1 unspecified atom stereocenters. The molecule has 0 bridgehead atoms. The Bertz CT molecular complexity index is 385. The largest absolute Gasteiger partial charge is 0.362 e. The van der Waals surface area contributed by atoms with Gasteiger partial charge >= 0.3 is 0 Å². The molecule has 1 heterocycles. The Morgan fingerprint density at radius 3 is 2.80 bits per heavy atom. The van der Waals surface area contributed by atoms with E-state index in [9.17, 15) is 4.79 Å². The molecule has 3 nitrogen and oxygen atoms in total. The van der Waals surface area contributed by atoms with Gasteiger partial charge in [0.1, 0.15) is 12.7 Å². The first-order chi connectivity index (χ1) is 7.16. The average Bonchev–Trinajstić information content (AvgIpc) is 2.20. The number of hydrogen-bond donors (Lipinski definition) is 1. The minimum Gasteiger partial charge on any atom is -0.362 e. The van der Waals surface area contributed by atoms with Crippen LogP contribution in [0.2, 0.25) is 0 Å². The van der Waals surface area contributed by atoms with E-state index in [0.717, 1.165) is 14.5 Å². The molecule has 1 atom stereocenters. The highest BCUT2D eigenvalue weighted by molar-refractivity contribution is 9.11. The first kappa shape index (κ1) is 11.1. The number of benzene rings is 1. The van der Waals surface area contributed by atoms with Gasteiger partial charge in [-0.3, -0.25) is 4.79 Å². The molecule has 1 aromatic rings. The monoisotopic (exact) mass is 333 g/mol. The molecule has 0 aromatic heterocycles. The fourth-order valence-corrected chi connectivity index (χ4v) is 2.76. The van der Waals surface area contributed by atoms with Crippen LogP contribution in [0.3, 0.4) is 0 Å². The second-order valence-corrected chi connectivity index (χ2v) is 5.04. The molecule has 1 N–H and O–H groups in total. The molecule has 1 amide bonds. The highest BCUT2D eigenvalue weighted by atomic mass is 79.9. The molecule has 1 aliphatic rings. The van der Waals surface area contributed by atoms with Crippen LogP contribution >= 0.6 is 31.9 Å². The van der Waals surface area contributed by atoms with Crippen molar-refractivity contribution in [3.8, 4) is 0 Å². The van der Waals surface area contributed by atoms with Crippen molar-refractivity contribution in [1.29, 1.82) is 0 Å². The van der Waals surface area contributed by atoms with E-state index in [1.807, 2.05) is 18.2 Å². The van der Waals surface area contributed by atoms with Gasteiger partial charge in [-0.25, -0.2) is 0 Å². The van der Waals surface area contributed by atoms with Crippen molar-refractivity contribution in [1.82, 2.24) is 5.32 Å². The number of morpholine rings is 1. The van der Waals surface area contributed by atoms with Gasteiger partial charge in [-0.15, -0.1) is 0 Å². The number of carbonyl (C=O) groups is 1. The second kappa shape index (κ2) is 4.63. The maximum absolute atomic E-state index is 10.9. The van der Waals surface area contributed by atoms with Crippen LogP contribution in [0, 0.1) is 0 Å². The quantitative estimate of drug-likeness (QED) is 0.856. The van der Waals surface area contributed by atoms with Crippen molar-refractivity contribution in [2.45, 2.75) is 6.10 Å². The Hall–Kier alpha value is -0.390. The lowest BCUT2D eigenvalue weighted by atomic mass is 10.1. The molecular formula is C10H9Br2NO2. The van der Waals surface area contributed by atoms with E-state index in [1.165, 1.54) is 0 Å². The van der Waals surface area contributed by atoms with Crippen molar-refractivity contribution < 1.29 is 9.53 Å². The topological polar surface area (TPSA) is 38.3 Å². The molecule has 0 saturated carbocycles. The number of carbonyl (C=O) groups excluding carboxylic acids is 1. The van der Waals surface area contributed by atoms with E-state index in [1.54, 1.807) is 0 Å². The summed E-state index contributed by atoms with van der Waals surface area (Å²) in [6, 6.07) is 5.91. The third-order valence-electron chi connectivity index (χ3n) is 2.21. The summed E-state index contributed by atoms with van der Waals surface area (Å²) in [7, 11) is 0. The fraction of sp³-hybridized carbons (Fsp3) is 0.300. The van der Waals surface area contributed by atoms with Gasteiger partial charge in [-0.2, -0.15) is 0 Å². The second-order valence-electron chi connectivity index (χ2n) is 3.27. The lowest BCUT2D eigenvalue weighted by molar-refractivity contribution is -0.133. The van der Waals surface area contributed by atoms with Gasteiger partial charge in [0, 0.05) is 15.5 Å². The summed E-state index contributed by atoms with van der Waals surface area (Å²) in [4.78, 5) is 10.9. The molecule has 1 aromatic carbocycles. The Balaban J connectivity index is 2.19. The van der Waals surface area contributed by atoms with Gasteiger partial charge in [0.15, 0.2) is 0 Å². The van der Waals surface area contributed by atoms with Crippen molar-refractivity contribution in [2.75, 3.05) is 13.2 Å². The van der Waals surface area contributed by atoms with Gasteiger partial charge < -0.3 is 10.1 Å². The number of amides is 1. The zero-order chi connectivity index (χ0) is 10.8. The van der Waals surface area contributed by atoms with E-state index in [0.29, 0.717) is 6.54 Å². The van der Waals surface area contributed by atoms with Gasteiger partial charge in [-0.05, 0) is 17.7 Å². The van der Waals surface area contributed by atoms with Gasteiger partial charge in [-0.1, -0.05) is 37.9 Å². The number of hydrogen-bond acceptors (Lipinski definition) is 2. The molecular weight excluding hydrogens is 326 g/mol. The molecule has 0 radical (unpaired) electrons. The van der Waals surface area contributed by atoms with Crippen molar-refractivity contribution in [3.63, 3.8) is 0 Å². The number of nitrogens with one attached hydrogen (secondary N) is 1. The Labute approximate surface area is 104 Å². The van der Waals surface area contributed by atoms with Crippen LogP contribution in [0.1, 0.15) is 11.7 Å². The summed E-state index contributed by atoms with van der Waals surface area (Å²) in [6.07, 6.45) is -0.0647. The van der Waals surface area contributed by atoms with E-state index < -0.39 is 0 Å². The molecule has 1 fully saturated rings. The molecule has 80 valence electrons. The number of rotatable bonds is 1. The maximum atomic E-state index is 10.9.